The van der Waals surface area contributed by atoms with Gasteiger partial charge in [-0.2, -0.15) is 0 Å². The van der Waals surface area contributed by atoms with Gasteiger partial charge in [-0.25, -0.2) is 9.97 Å². The Kier molecular flexibility index (Phi) is 2.84. The molecule has 2 heteroatoms. The van der Waals surface area contributed by atoms with Crippen LogP contribution < -0.4 is 0 Å². The largest absolute Gasteiger partial charge is 0.237 e. The van der Waals surface area contributed by atoms with Crippen molar-refractivity contribution in [3.63, 3.8) is 0 Å². The maximum Gasteiger partial charge on any atom is 0.159 e. The molecule has 0 saturated heterocycles. The Morgan fingerprint density at radius 2 is 1.17 bits per heavy atom. The molecule has 3 rings (SSSR count). The minimum atomic E-state index is 0.761. The fraction of sp³-hybridized carbons (Fsp3) is 0. The molecule has 3 aromatic rings. The fourth-order valence-electron chi connectivity index (χ4n) is 1.99. The van der Waals surface area contributed by atoms with Crippen LogP contribution in [0.1, 0.15) is 0 Å². The molecule has 0 amide bonds. The summed E-state index contributed by atoms with van der Waals surface area (Å²) in [5.41, 5.74) is 3.40. The molecule has 0 aliphatic heterocycles. The summed E-state index contributed by atoms with van der Waals surface area (Å²) in [6.45, 7) is 0. The van der Waals surface area contributed by atoms with Crippen molar-refractivity contribution in [2.45, 2.75) is 0 Å². The molecule has 86 valence electrons. The molecule has 2 aromatic carbocycles. The van der Waals surface area contributed by atoms with Gasteiger partial charge < -0.3 is 0 Å². The quantitative estimate of drug-likeness (QED) is 0.671. The van der Waals surface area contributed by atoms with Crippen LogP contribution in [0.3, 0.4) is 0 Å². The van der Waals surface area contributed by atoms with Crippen molar-refractivity contribution < 1.29 is 0 Å². The van der Waals surface area contributed by atoms with Crippen LogP contribution in [-0.4, -0.2) is 9.97 Å². The molecule has 1 heterocycles. The zero-order chi connectivity index (χ0) is 12.2. The maximum atomic E-state index is 4.32. The minimum Gasteiger partial charge on any atom is -0.237 e. The van der Waals surface area contributed by atoms with Gasteiger partial charge in [0.15, 0.2) is 5.82 Å². The summed E-state index contributed by atoms with van der Waals surface area (Å²) < 4.78 is 0. The van der Waals surface area contributed by atoms with Gasteiger partial charge in [0.1, 0.15) is 0 Å². The highest BCUT2D eigenvalue weighted by Gasteiger charge is 2.07. The lowest BCUT2D eigenvalue weighted by Crippen LogP contribution is -1.90. The summed E-state index contributed by atoms with van der Waals surface area (Å²) in [5, 5.41) is 0. The van der Waals surface area contributed by atoms with Gasteiger partial charge in [0.2, 0.25) is 0 Å². The van der Waals surface area contributed by atoms with E-state index >= 15 is 0 Å². The fourth-order valence-corrected chi connectivity index (χ4v) is 1.99. The van der Waals surface area contributed by atoms with E-state index < -0.39 is 0 Å². The molecule has 0 spiro atoms. The molecular formula is C16H12N2. The Balaban J connectivity index is 2.18. The van der Waals surface area contributed by atoms with Crippen LogP contribution >= 0.6 is 0 Å². The zero-order valence-electron chi connectivity index (χ0n) is 9.82. The van der Waals surface area contributed by atoms with Gasteiger partial charge in [-0.15, -0.1) is 0 Å². The van der Waals surface area contributed by atoms with E-state index in [0.29, 0.717) is 0 Å². The molecule has 18 heavy (non-hydrogen) atoms. The highest BCUT2D eigenvalue weighted by atomic mass is 14.8. The molecule has 0 aliphatic rings. The highest BCUT2D eigenvalue weighted by molar-refractivity contribution is 5.80. The molecule has 0 bridgehead atoms. The van der Waals surface area contributed by atoms with Gasteiger partial charge in [0.05, 0.1) is 0 Å². The Labute approximate surface area is 106 Å². The summed E-state index contributed by atoms with van der Waals surface area (Å²) in [5.74, 6) is 0.761. The Hall–Kier alpha value is -2.48. The third-order valence-corrected chi connectivity index (χ3v) is 2.82. The van der Waals surface area contributed by atoms with Crippen LogP contribution in [0, 0.1) is 0 Å². The van der Waals surface area contributed by atoms with Gasteiger partial charge >= 0.3 is 0 Å². The smallest absolute Gasteiger partial charge is 0.159 e. The van der Waals surface area contributed by atoms with E-state index in [9.17, 15) is 0 Å². The summed E-state index contributed by atoms with van der Waals surface area (Å²) in [7, 11) is 0. The van der Waals surface area contributed by atoms with E-state index in [1.807, 2.05) is 36.4 Å². The lowest BCUT2D eigenvalue weighted by Gasteiger charge is -2.08. The van der Waals surface area contributed by atoms with Gasteiger partial charge in [-0.05, 0) is 17.2 Å². The normalized spacial score (nSPS) is 10.2. The molecule has 1 aromatic heterocycles. The van der Waals surface area contributed by atoms with Gasteiger partial charge in [0, 0.05) is 18.0 Å². The second-order valence-corrected chi connectivity index (χ2v) is 3.98. The summed E-state index contributed by atoms with van der Waals surface area (Å²) in [4.78, 5) is 8.65. The van der Waals surface area contributed by atoms with Crippen molar-refractivity contribution in [3.05, 3.63) is 73.1 Å². The number of nitrogens with zero attached hydrogens (tertiary/aromatic N) is 2. The summed E-state index contributed by atoms with van der Waals surface area (Å²) in [6, 6.07) is 20.3. The van der Waals surface area contributed by atoms with Crippen LogP contribution in [0.5, 0.6) is 0 Å². The van der Waals surface area contributed by atoms with E-state index in [1.165, 1.54) is 5.56 Å². The predicted molar refractivity (Wildman–Crippen MR) is 72.9 cm³/mol. The zero-order valence-corrected chi connectivity index (χ0v) is 9.82. The number of benzene rings is 2. The number of hydrogen-bond donors (Lipinski definition) is 0. The Morgan fingerprint density at radius 1 is 0.556 bits per heavy atom. The first-order chi connectivity index (χ1) is 8.95. The second-order valence-electron chi connectivity index (χ2n) is 3.98. The highest BCUT2D eigenvalue weighted by Crippen LogP contribution is 2.29. The average molecular weight is 232 g/mol. The van der Waals surface area contributed by atoms with E-state index in [2.05, 4.69) is 34.2 Å². The Morgan fingerprint density at radius 3 is 1.89 bits per heavy atom. The van der Waals surface area contributed by atoms with E-state index in [0.717, 1.165) is 17.0 Å². The van der Waals surface area contributed by atoms with Crippen LogP contribution in [0.15, 0.2) is 73.1 Å². The molecule has 0 N–H and O–H groups in total. The number of aromatic nitrogens is 2. The van der Waals surface area contributed by atoms with Crippen molar-refractivity contribution in [1.82, 2.24) is 9.97 Å². The molecule has 0 atom stereocenters. The maximum absolute atomic E-state index is 4.32. The first kappa shape index (κ1) is 10.7. The molecular weight excluding hydrogens is 220 g/mol. The molecule has 0 unspecified atom stereocenters. The minimum absolute atomic E-state index is 0.761. The van der Waals surface area contributed by atoms with Crippen LogP contribution in [-0.2, 0) is 0 Å². The van der Waals surface area contributed by atoms with Crippen molar-refractivity contribution in [3.8, 4) is 22.5 Å². The molecule has 0 radical (unpaired) electrons. The van der Waals surface area contributed by atoms with Crippen molar-refractivity contribution in [2.24, 2.45) is 0 Å². The van der Waals surface area contributed by atoms with Gasteiger partial charge in [-0.3, -0.25) is 0 Å². The van der Waals surface area contributed by atoms with Crippen molar-refractivity contribution in [1.29, 1.82) is 0 Å². The topological polar surface area (TPSA) is 25.8 Å². The van der Waals surface area contributed by atoms with Crippen molar-refractivity contribution in [2.75, 3.05) is 0 Å². The van der Waals surface area contributed by atoms with Gasteiger partial charge in [0.25, 0.3) is 0 Å². The molecule has 0 aliphatic carbocycles. The van der Waals surface area contributed by atoms with Crippen LogP contribution in [0.2, 0.25) is 0 Å². The first-order valence-electron chi connectivity index (χ1n) is 5.87. The van der Waals surface area contributed by atoms with Crippen LogP contribution in [0.4, 0.5) is 0 Å². The summed E-state index contributed by atoms with van der Waals surface area (Å²) >= 11 is 0. The predicted octanol–water partition coefficient (Wildman–Crippen LogP) is 3.81. The van der Waals surface area contributed by atoms with E-state index in [-0.39, 0.29) is 0 Å². The van der Waals surface area contributed by atoms with Crippen LogP contribution in [0.25, 0.3) is 22.5 Å². The second kappa shape index (κ2) is 4.80. The lowest BCUT2D eigenvalue weighted by atomic mass is 9.99. The third-order valence-electron chi connectivity index (χ3n) is 2.82. The monoisotopic (exact) mass is 232 g/mol. The van der Waals surface area contributed by atoms with E-state index in [4.69, 9.17) is 0 Å². The number of hydrogen-bond acceptors (Lipinski definition) is 2. The summed E-state index contributed by atoms with van der Waals surface area (Å²) in [6.07, 6.45) is 3.54. The SMILES string of the molecule is c1ccc(-c2ccccc2-c2ncccn2)cc1. The molecule has 2 nitrogen and oxygen atoms in total. The van der Waals surface area contributed by atoms with Crippen molar-refractivity contribution >= 4 is 0 Å². The molecule has 0 fully saturated rings. The van der Waals surface area contributed by atoms with E-state index in [1.54, 1.807) is 12.4 Å². The average Bonchev–Trinajstić information content (AvgIpc) is 2.49. The Bertz CT molecular complexity index is 575. The third kappa shape index (κ3) is 2.00. The van der Waals surface area contributed by atoms with Gasteiger partial charge in [-0.1, -0.05) is 54.6 Å². The standard InChI is InChI=1S/C16H12N2/c1-2-7-13(8-3-1)14-9-4-5-10-15(14)16-17-11-6-12-18-16/h1-12H. The number of rotatable bonds is 2. The first-order valence-corrected chi connectivity index (χ1v) is 5.87. The lowest BCUT2D eigenvalue weighted by molar-refractivity contribution is 1.18. The molecule has 0 saturated carbocycles.